The summed E-state index contributed by atoms with van der Waals surface area (Å²) < 4.78 is 0. The Bertz CT molecular complexity index is 1160. The number of carbonyl (C=O) groups excluding carboxylic acids is 1. The molecule has 1 fully saturated rings. The minimum atomic E-state index is -0.877. The highest BCUT2D eigenvalue weighted by atomic mass is 16.6. The van der Waals surface area contributed by atoms with Gasteiger partial charge in [0.1, 0.15) is 6.33 Å². The van der Waals surface area contributed by atoms with Crippen LogP contribution in [0.1, 0.15) is 29.9 Å². The second-order valence-electron chi connectivity index (χ2n) is 8.12. The van der Waals surface area contributed by atoms with Gasteiger partial charge < -0.3 is 10.0 Å². The molecule has 4 rings (SSSR count). The number of anilines is 2. The Morgan fingerprint density at radius 1 is 1.00 bits per heavy atom. The van der Waals surface area contributed by atoms with Gasteiger partial charge in [0.25, 0.3) is 0 Å². The van der Waals surface area contributed by atoms with Crippen molar-refractivity contribution < 1.29 is 19.6 Å². The van der Waals surface area contributed by atoms with Crippen LogP contribution in [0.4, 0.5) is 17.3 Å². The van der Waals surface area contributed by atoms with Gasteiger partial charge in [-0.25, -0.2) is 9.97 Å². The molecule has 11 heteroatoms. The largest absolute Gasteiger partial charge is 0.481 e. The van der Waals surface area contributed by atoms with Gasteiger partial charge in [-0.3, -0.25) is 30.6 Å². The molecule has 0 radical (unpaired) electrons. The lowest BCUT2D eigenvalue weighted by Gasteiger charge is -2.30. The zero-order valence-corrected chi connectivity index (χ0v) is 18.7. The Balaban J connectivity index is 1.56. The van der Waals surface area contributed by atoms with Crippen LogP contribution in [-0.4, -0.2) is 45.0 Å². The number of amides is 1. The standard InChI is InChI=1S/C24H24N6O5/c31-23(19(16-7-3-1-4-8-16)17-9-5-2-6-10-17)28-27-21-20(30(34)35)22(26-15-25-21)29-13-11-18(12-14-29)24(32)33/h1-10,15,18-19H,11-14H2,(H,28,31)(H,32,33)(H,25,26,27). The van der Waals surface area contributed by atoms with Crippen LogP contribution in [0.5, 0.6) is 0 Å². The molecule has 180 valence electrons. The Hall–Kier alpha value is -4.54. The molecule has 0 aliphatic carbocycles. The molecule has 11 nitrogen and oxygen atoms in total. The van der Waals surface area contributed by atoms with Crippen molar-refractivity contribution in [2.75, 3.05) is 23.4 Å². The van der Waals surface area contributed by atoms with Crippen LogP contribution in [0.3, 0.4) is 0 Å². The van der Waals surface area contributed by atoms with Gasteiger partial charge in [-0.2, -0.15) is 0 Å². The molecule has 35 heavy (non-hydrogen) atoms. The van der Waals surface area contributed by atoms with Gasteiger partial charge in [0.2, 0.25) is 17.5 Å². The van der Waals surface area contributed by atoms with Gasteiger partial charge in [-0.15, -0.1) is 0 Å². The molecular weight excluding hydrogens is 452 g/mol. The number of aromatic nitrogens is 2. The fourth-order valence-electron chi connectivity index (χ4n) is 4.18. The molecule has 2 heterocycles. The van der Waals surface area contributed by atoms with E-state index in [1.807, 2.05) is 60.7 Å². The van der Waals surface area contributed by atoms with Gasteiger partial charge in [-0.05, 0) is 24.0 Å². The number of hydrogen-bond donors (Lipinski definition) is 3. The van der Waals surface area contributed by atoms with Crippen LogP contribution in [0.15, 0.2) is 67.0 Å². The number of piperidine rings is 1. The molecule has 0 saturated carbocycles. The number of hydrogen-bond acceptors (Lipinski definition) is 8. The first-order chi connectivity index (χ1) is 17.0. The topological polar surface area (TPSA) is 151 Å². The van der Waals surface area contributed by atoms with E-state index in [0.717, 1.165) is 11.1 Å². The van der Waals surface area contributed by atoms with E-state index in [4.69, 9.17) is 0 Å². The molecule has 1 saturated heterocycles. The average molecular weight is 476 g/mol. The molecule has 3 N–H and O–H groups in total. The summed E-state index contributed by atoms with van der Waals surface area (Å²) in [6.07, 6.45) is 1.88. The number of carboxylic acids is 1. The Kier molecular flexibility index (Phi) is 7.15. The molecule has 2 aromatic carbocycles. The molecule has 1 aliphatic heterocycles. The smallest absolute Gasteiger partial charge is 0.355 e. The Morgan fingerprint density at radius 2 is 1.57 bits per heavy atom. The maximum Gasteiger partial charge on any atom is 0.355 e. The van der Waals surface area contributed by atoms with Crippen molar-refractivity contribution in [3.8, 4) is 0 Å². The second kappa shape index (κ2) is 10.6. The van der Waals surface area contributed by atoms with E-state index >= 15 is 0 Å². The van der Waals surface area contributed by atoms with Gasteiger partial charge in [0, 0.05) is 13.1 Å². The van der Waals surface area contributed by atoms with Gasteiger partial charge >= 0.3 is 11.7 Å². The monoisotopic (exact) mass is 476 g/mol. The third-order valence-electron chi connectivity index (χ3n) is 5.96. The molecule has 0 spiro atoms. The summed E-state index contributed by atoms with van der Waals surface area (Å²) in [5, 5.41) is 21.1. The number of nitro groups is 1. The lowest BCUT2D eigenvalue weighted by molar-refractivity contribution is -0.383. The fourth-order valence-corrected chi connectivity index (χ4v) is 4.18. The number of carbonyl (C=O) groups is 2. The number of hydrazine groups is 1. The number of carboxylic acid groups (broad SMARTS) is 1. The quantitative estimate of drug-likeness (QED) is 0.329. The van der Waals surface area contributed by atoms with Crippen LogP contribution in [0.2, 0.25) is 0 Å². The van der Waals surface area contributed by atoms with Crippen molar-refractivity contribution in [1.29, 1.82) is 0 Å². The summed E-state index contributed by atoms with van der Waals surface area (Å²) >= 11 is 0. The normalized spacial score (nSPS) is 13.9. The lowest BCUT2D eigenvalue weighted by Crippen LogP contribution is -2.38. The van der Waals surface area contributed by atoms with Gasteiger partial charge in [0.05, 0.1) is 16.8 Å². The van der Waals surface area contributed by atoms with E-state index in [0.29, 0.717) is 25.9 Å². The predicted molar refractivity (Wildman–Crippen MR) is 128 cm³/mol. The lowest BCUT2D eigenvalue weighted by atomic mass is 9.91. The summed E-state index contributed by atoms with van der Waals surface area (Å²) in [5.41, 5.74) is 6.30. The van der Waals surface area contributed by atoms with Crippen molar-refractivity contribution in [2.24, 2.45) is 5.92 Å². The highest BCUT2D eigenvalue weighted by Crippen LogP contribution is 2.34. The van der Waals surface area contributed by atoms with E-state index in [-0.39, 0.29) is 11.6 Å². The van der Waals surface area contributed by atoms with Gasteiger partial charge in [0.15, 0.2) is 0 Å². The summed E-state index contributed by atoms with van der Waals surface area (Å²) in [4.78, 5) is 45.5. The summed E-state index contributed by atoms with van der Waals surface area (Å²) in [6.45, 7) is 0.620. The average Bonchev–Trinajstić information content (AvgIpc) is 2.88. The van der Waals surface area contributed by atoms with E-state index in [2.05, 4.69) is 20.8 Å². The van der Waals surface area contributed by atoms with Crippen LogP contribution >= 0.6 is 0 Å². The predicted octanol–water partition coefficient (Wildman–Crippen LogP) is 2.96. The van der Waals surface area contributed by atoms with E-state index < -0.39 is 34.3 Å². The van der Waals surface area contributed by atoms with Crippen molar-refractivity contribution in [3.63, 3.8) is 0 Å². The third-order valence-corrected chi connectivity index (χ3v) is 5.96. The third kappa shape index (κ3) is 5.35. The number of aliphatic carboxylic acids is 1. The molecule has 0 atom stereocenters. The zero-order valence-electron chi connectivity index (χ0n) is 18.7. The summed E-state index contributed by atoms with van der Waals surface area (Å²) in [7, 11) is 0. The van der Waals surface area contributed by atoms with Gasteiger partial charge in [-0.1, -0.05) is 60.7 Å². The molecule has 1 aromatic heterocycles. The van der Waals surface area contributed by atoms with E-state index in [1.165, 1.54) is 6.33 Å². The zero-order chi connectivity index (χ0) is 24.8. The Morgan fingerprint density at radius 3 is 2.09 bits per heavy atom. The van der Waals surface area contributed by atoms with Crippen LogP contribution in [-0.2, 0) is 9.59 Å². The highest BCUT2D eigenvalue weighted by molar-refractivity contribution is 5.88. The first kappa shape index (κ1) is 23.6. The Labute approximate surface area is 200 Å². The SMILES string of the molecule is O=C(O)C1CCN(c2ncnc(NNC(=O)C(c3ccccc3)c3ccccc3)c2[N+](=O)[O-])CC1. The molecule has 0 unspecified atom stereocenters. The maximum atomic E-state index is 13.2. The number of nitrogens with one attached hydrogen (secondary N) is 2. The van der Waals surface area contributed by atoms with Crippen molar-refractivity contribution in [3.05, 3.63) is 88.2 Å². The van der Waals surface area contributed by atoms with Crippen LogP contribution in [0.25, 0.3) is 0 Å². The minimum absolute atomic E-state index is 0.0771. The summed E-state index contributed by atoms with van der Waals surface area (Å²) in [5.74, 6) is -2.52. The second-order valence-corrected chi connectivity index (χ2v) is 8.12. The first-order valence-corrected chi connectivity index (χ1v) is 11.1. The van der Waals surface area contributed by atoms with Crippen molar-refractivity contribution in [2.45, 2.75) is 18.8 Å². The molecule has 1 aliphatic rings. The highest BCUT2D eigenvalue weighted by Gasteiger charge is 2.32. The maximum absolute atomic E-state index is 13.2. The number of benzene rings is 2. The van der Waals surface area contributed by atoms with E-state index in [1.54, 1.807) is 4.90 Å². The number of nitrogens with zero attached hydrogens (tertiary/aromatic N) is 4. The molecule has 0 bridgehead atoms. The fraction of sp³-hybridized carbons (Fsp3) is 0.250. The summed E-state index contributed by atoms with van der Waals surface area (Å²) in [6, 6.07) is 18.4. The first-order valence-electron chi connectivity index (χ1n) is 11.1. The number of rotatable bonds is 8. The van der Waals surface area contributed by atoms with Crippen LogP contribution < -0.4 is 15.8 Å². The minimum Gasteiger partial charge on any atom is -0.481 e. The van der Waals surface area contributed by atoms with Crippen molar-refractivity contribution in [1.82, 2.24) is 15.4 Å². The van der Waals surface area contributed by atoms with E-state index in [9.17, 15) is 24.8 Å². The molecule has 3 aromatic rings. The van der Waals surface area contributed by atoms with Crippen LogP contribution in [0, 0.1) is 16.0 Å². The molecular formula is C24H24N6O5. The van der Waals surface area contributed by atoms with Crippen molar-refractivity contribution >= 4 is 29.2 Å². The molecule has 1 amide bonds.